The molecule has 2 N–H and O–H groups in total. The molecule has 1 rings (SSSR count). The van der Waals surface area contributed by atoms with E-state index in [4.69, 9.17) is 15.0 Å². The van der Waals surface area contributed by atoms with Crippen LogP contribution in [0.4, 0.5) is 0 Å². The van der Waals surface area contributed by atoms with Gasteiger partial charge in [-0.05, 0) is 5.92 Å². The van der Waals surface area contributed by atoms with Gasteiger partial charge in [-0.2, -0.15) is 4.98 Å². The molecule has 0 radical (unpaired) electrons. The van der Waals surface area contributed by atoms with Crippen molar-refractivity contribution in [1.29, 1.82) is 0 Å². The van der Waals surface area contributed by atoms with E-state index in [0.717, 1.165) is 6.42 Å². The summed E-state index contributed by atoms with van der Waals surface area (Å²) in [5, 5.41) is 3.70. The average Bonchev–Trinajstić information content (AvgIpc) is 2.52. The van der Waals surface area contributed by atoms with E-state index >= 15 is 0 Å². The Morgan fingerprint density at radius 3 is 2.92 bits per heavy atom. The highest BCUT2D eigenvalue weighted by Gasteiger charge is 2.09. The van der Waals surface area contributed by atoms with Crippen LogP contribution in [0.5, 0.6) is 0 Å². The van der Waals surface area contributed by atoms with Crippen LogP contribution in [-0.2, 0) is 17.7 Å². The lowest BCUT2D eigenvalue weighted by Gasteiger charge is -2.05. The van der Waals surface area contributed by atoms with Gasteiger partial charge in [-0.25, -0.2) is 0 Å². The highest BCUT2D eigenvalue weighted by Crippen LogP contribution is 2.06. The van der Waals surface area contributed by atoms with Crippen molar-refractivity contribution in [2.75, 3.05) is 13.7 Å². The lowest BCUT2D eigenvalue weighted by atomic mass is 10.1. The summed E-state index contributed by atoms with van der Waals surface area (Å²) in [5.41, 5.74) is 5.34. The van der Waals surface area contributed by atoms with E-state index in [9.17, 15) is 0 Å². The van der Waals surface area contributed by atoms with Crippen molar-refractivity contribution in [3.05, 3.63) is 11.7 Å². The third-order valence-corrected chi connectivity index (χ3v) is 1.67. The maximum absolute atomic E-state index is 5.34. The molecular weight excluding hydrogens is 170 g/mol. The molecule has 1 heterocycles. The first-order valence-corrected chi connectivity index (χ1v) is 4.26. The molecule has 0 aliphatic heterocycles. The minimum Gasteiger partial charge on any atom is -0.384 e. The van der Waals surface area contributed by atoms with Crippen LogP contribution < -0.4 is 5.73 Å². The Balaban J connectivity index is 2.44. The van der Waals surface area contributed by atoms with Gasteiger partial charge in [-0.15, -0.1) is 0 Å². The second kappa shape index (κ2) is 4.94. The van der Waals surface area contributed by atoms with Gasteiger partial charge in [0, 0.05) is 20.1 Å². The minimum atomic E-state index is 0.322. The topological polar surface area (TPSA) is 74.2 Å². The van der Waals surface area contributed by atoms with Crippen molar-refractivity contribution < 1.29 is 9.26 Å². The standard InChI is InChI=1S/C8H15N3O2/c1-6(5-12-2)3-8-10-7(4-9)11-13-8/h6H,3-5,9H2,1-2H3. The predicted octanol–water partition coefficient (Wildman–Crippen LogP) is 0.353. The van der Waals surface area contributed by atoms with Crippen molar-refractivity contribution in [2.24, 2.45) is 11.7 Å². The van der Waals surface area contributed by atoms with E-state index < -0.39 is 0 Å². The molecule has 1 aromatic rings. The maximum Gasteiger partial charge on any atom is 0.227 e. The largest absolute Gasteiger partial charge is 0.384 e. The quantitative estimate of drug-likeness (QED) is 0.716. The van der Waals surface area contributed by atoms with Crippen LogP contribution in [0.2, 0.25) is 0 Å². The summed E-state index contributed by atoms with van der Waals surface area (Å²) in [5.74, 6) is 1.57. The molecule has 0 aliphatic rings. The van der Waals surface area contributed by atoms with E-state index in [1.165, 1.54) is 0 Å². The first-order valence-electron chi connectivity index (χ1n) is 4.26. The molecule has 0 saturated heterocycles. The number of rotatable bonds is 5. The van der Waals surface area contributed by atoms with Crippen LogP contribution in [0.25, 0.3) is 0 Å². The smallest absolute Gasteiger partial charge is 0.227 e. The summed E-state index contributed by atoms with van der Waals surface area (Å²) in [7, 11) is 1.68. The van der Waals surface area contributed by atoms with E-state index in [1.54, 1.807) is 7.11 Å². The third kappa shape index (κ3) is 3.12. The van der Waals surface area contributed by atoms with Gasteiger partial charge in [0.2, 0.25) is 5.89 Å². The maximum atomic E-state index is 5.34. The molecule has 0 amide bonds. The molecule has 0 bridgehead atoms. The highest BCUT2D eigenvalue weighted by molar-refractivity contribution is 4.86. The lowest BCUT2D eigenvalue weighted by Crippen LogP contribution is -2.07. The molecule has 0 fully saturated rings. The fraction of sp³-hybridized carbons (Fsp3) is 0.750. The third-order valence-electron chi connectivity index (χ3n) is 1.67. The van der Waals surface area contributed by atoms with Crippen molar-refractivity contribution in [1.82, 2.24) is 10.1 Å². The number of nitrogens with zero attached hydrogens (tertiary/aromatic N) is 2. The van der Waals surface area contributed by atoms with E-state index in [-0.39, 0.29) is 0 Å². The van der Waals surface area contributed by atoms with Crippen LogP contribution in [0, 0.1) is 5.92 Å². The molecule has 1 aromatic heterocycles. The number of nitrogens with two attached hydrogens (primary N) is 1. The summed E-state index contributed by atoms with van der Waals surface area (Å²) in [6, 6.07) is 0. The Labute approximate surface area is 77.3 Å². The Morgan fingerprint density at radius 2 is 2.38 bits per heavy atom. The molecule has 74 valence electrons. The molecule has 0 saturated carbocycles. The number of ether oxygens (including phenoxy) is 1. The number of methoxy groups -OCH3 is 1. The molecule has 0 aromatic carbocycles. The zero-order chi connectivity index (χ0) is 9.68. The number of hydrogen-bond donors (Lipinski definition) is 1. The van der Waals surface area contributed by atoms with Gasteiger partial charge < -0.3 is 15.0 Å². The Morgan fingerprint density at radius 1 is 1.62 bits per heavy atom. The summed E-state index contributed by atoms with van der Waals surface area (Å²) in [4.78, 5) is 4.09. The van der Waals surface area contributed by atoms with Crippen molar-refractivity contribution in [3.8, 4) is 0 Å². The van der Waals surface area contributed by atoms with Crippen LogP contribution in [0.3, 0.4) is 0 Å². The average molecular weight is 185 g/mol. The first-order chi connectivity index (χ1) is 6.26. The van der Waals surface area contributed by atoms with Gasteiger partial charge in [-0.3, -0.25) is 0 Å². The predicted molar refractivity (Wildman–Crippen MR) is 46.9 cm³/mol. The summed E-state index contributed by atoms with van der Waals surface area (Å²) < 4.78 is 9.97. The van der Waals surface area contributed by atoms with Crippen LogP contribution in [0.1, 0.15) is 18.6 Å². The Bertz CT molecular complexity index is 249. The molecule has 5 nitrogen and oxygen atoms in total. The van der Waals surface area contributed by atoms with Gasteiger partial charge in [0.15, 0.2) is 5.82 Å². The summed E-state index contributed by atoms with van der Waals surface area (Å²) >= 11 is 0. The van der Waals surface area contributed by atoms with Gasteiger partial charge in [0.1, 0.15) is 0 Å². The summed E-state index contributed by atoms with van der Waals surface area (Å²) in [6.45, 7) is 3.08. The van der Waals surface area contributed by atoms with Crippen LogP contribution in [-0.4, -0.2) is 23.9 Å². The zero-order valence-corrected chi connectivity index (χ0v) is 7.99. The Kier molecular flexibility index (Phi) is 3.85. The molecule has 0 aliphatic carbocycles. The second-order valence-corrected chi connectivity index (χ2v) is 3.07. The number of aromatic nitrogens is 2. The number of hydrogen-bond acceptors (Lipinski definition) is 5. The van der Waals surface area contributed by atoms with E-state index in [1.807, 2.05) is 0 Å². The first kappa shape index (κ1) is 10.1. The fourth-order valence-electron chi connectivity index (χ4n) is 1.10. The van der Waals surface area contributed by atoms with Gasteiger partial charge >= 0.3 is 0 Å². The lowest BCUT2D eigenvalue weighted by molar-refractivity contribution is 0.155. The molecule has 1 unspecified atom stereocenters. The highest BCUT2D eigenvalue weighted by atomic mass is 16.5. The molecule has 13 heavy (non-hydrogen) atoms. The zero-order valence-electron chi connectivity index (χ0n) is 7.99. The van der Waals surface area contributed by atoms with E-state index in [2.05, 4.69) is 17.1 Å². The monoisotopic (exact) mass is 185 g/mol. The van der Waals surface area contributed by atoms with Crippen molar-refractivity contribution >= 4 is 0 Å². The fourth-order valence-corrected chi connectivity index (χ4v) is 1.10. The summed E-state index contributed by atoms with van der Waals surface area (Å²) in [6.07, 6.45) is 0.737. The van der Waals surface area contributed by atoms with Gasteiger partial charge in [-0.1, -0.05) is 12.1 Å². The van der Waals surface area contributed by atoms with Crippen LogP contribution >= 0.6 is 0 Å². The van der Waals surface area contributed by atoms with Gasteiger partial charge in [0.05, 0.1) is 6.54 Å². The molecule has 0 spiro atoms. The normalized spacial score (nSPS) is 13.2. The van der Waals surface area contributed by atoms with Crippen molar-refractivity contribution in [3.63, 3.8) is 0 Å². The SMILES string of the molecule is COCC(C)Cc1nc(CN)no1. The van der Waals surface area contributed by atoms with Crippen molar-refractivity contribution in [2.45, 2.75) is 19.9 Å². The second-order valence-electron chi connectivity index (χ2n) is 3.07. The molecular formula is C8H15N3O2. The minimum absolute atomic E-state index is 0.322. The van der Waals surface area contributed by atoms with Gasteiger partial charge in [0.25, 0.3) is 0 Å². The Hall–Kier alpha value is -0.940. The molecule has 5 heteroatoms. The van der Waals surface area contributed by atoms with Crippen LogP contribution in [0.15, 0.2) is 4.52 Å². The van der Waals surface area contributed by atoms with E-state index in [0.29, 0.717) is 30.8 Å². The molecule has 1 atom stereocenters.